The van der Waals surface area contributed by atoms with Crippen LogP contribution < -0.4 is 0 Å². The first-order chi connectivity index (χ1) is 7.47. The van der Waals surface area contributed by atoms with Crippen LogP contribution in [0, 0.1) is 11.8 Å². The van der Waals surface area contributed by atoms with Crippen LogP contribution in [0.15, 0.2) is 12.2 Å². The molecule has 1 aliphatic heterocycles. The van der Waals surface area contributed by atoms with Crippen molar-refractivity contribution in [1.29, 1.82) is 0 Å². The minimum Gasteiger partial charge on any atom is -0.381 e. The molecule has 0 radical (unpaired) electrons. The first-order valence-corrected chi connectivity index (χ1v) is 6.71. The average Bonchev–Trinajstić information content (AvgIpc) is 2.65. The van der Waals surface area contributed by atoms with Gasteiger partial charge in [-0.1, -0.05) is 44.3 Å². The Morgan fingerprint density at radius 2 is 1.67 bits per heavy atom. The smallest absolute Gasteiger partial charge is 0.0532 e. The molecule has 0 N–H and O–H groups in total. The predicted molar refractivity (Wildman–Crippen MR) is 63.9 cm³/mol. The lowest BCUT2D eigenvalue weighted by Gasteiger charge is -2.14. The van der Waals surface area contributed by atoms with E-state index in [9.17, 15) is 0 Å². The van der Waals surface area contributed by atoms with Gasteiger partial charge in [0, 0.05) is 5.92 Å². The monoisotopic (exact) mass is 208 g/mol. The average molecular weight is 208 g/mol. The lowest BCUT2D eigenvalue weighted by Crippen LogP contribution is -2.10. The van der Waals surface area contributed by atoms with Gasteiger partial charge in [-0.05, 0) is 25.2 Å². The second-order valence-electron chi connectivity index (χ2n) is 5.09. The first-order valence-electron chi connectivity index (χ1n) is 6.71. The van der Waals surface area contributed by atoms with Gasteiger partial charge in [-0.15, -0.1) is 0 Å². The fourth-order valence-electron chi connectivity index (χ4n) is 2.77. The second kappa shape index (κ2) is 6.32. The molecule has 1 aliphatic carbocycles. The van der Waals surface area contributed by atoms with E-state index in [0.717, 1.165) is 25.0 Å². The van der Waals surface area contributed by atoms with Crippen LogP contribution in [0.1, 0.15) is 51.4 Å². The Balaban J connectivity index is 1.86. The van der Waals surface area contributed by atoms with E-state index < -0.39 is 0 Å². The topological polar surface area (TPSA) is 9.23 Å². The summed E-state index contributed by atoms with van der Waals surface area (Å²) in [4.78, 5) is 0. The highest BCUT2D eigenvalue weighted by atomic mass is 16.5. The molecule has 0 bridgehead atoms. The molecule has 0 aromatic carbocycles. The van der Waals surface area contributed by atoms with Gasteiger partial charge in [0.05, 0.1) is 13.2 Å². The Bertz CT molecular complexity index is 198. The van der Waals surface area contributed by atoms with E-state index in [1.54, 1.807) is 0 Å². The van der Waals surface area contributed by atoms with Gasteiger partial charge in [-0.2, -0.15) is 0 Å². The Labute approximate surface area is 93.9 Å². The molecule has 1 fully saturated rings. The van der Waals surface area contributed by atoms with Gasteiger partial charge in [0.25, 0.3) is 0 Å². The van der Waals surface area contributed by atoms with Crippen molar-refractivity contribution in [2.24, 2.45) is 11.8 Å². The van der Waals surface area contributed by atoms with Crippen LogP contribution in [-0.4, -0.2) is 13.2 Å². The third kappa shape index (κ3) is 3.64. The van der Waals surface area contributed by atoms with Crippen molar-refractivity contribution in [3.63, 3.8) is 0 Å². The Hall–Kier alpha value is -0.300. The van der Waals surface area contributed by atoms with E-state index in [1.807, 2.05) is 0 Å². The molecular formula is C14H24O. The highest BCUT2D eigenvalue weighted by Crippen LogP contribution is 2.28. The summed E-state index contributed by atoms with van der Waals surface area (Å²) in [5, 5.41) is 0. The summed E-state index contributed by atoms with van der Waals surface area (Å²) in [6.45, 7) is 1.98. The minimum absolute atomic E-state index is 0.726. The normalized spacial score (nSPS) is 36.3. The molecule has 1 heteroatoms. The summed E-state index contributed by atoms with van der Waals surface area (Å²) in [5.74, 6) is 1.55. The van der Waals surface area contributed by atoms with Crippen molar-refractivity contribution in [3.05, 3.63) is 12.2 Å². The summed E-state index contributed by atoms with van der Waals surface area (Å²) in [5.41, 5.74) is 0. The maximum absolute atomic E-state index is 5.60. The maximum atomic E-state index is 5.60. The van der Waals surface area contributed by atoms with Crippen molar-refractivity contribution in [3.8, 4) is 0 Å². The van der Waals surface area contributed by atoms with Gasteiger partial charge < -0.3 is 4.74 Å². The summed E-state index contributed by atoms with van der Waals surface area (Å²) in [7, 11) is 0. The van der Waals surface area contributed by atoms with Gasteiger partial charge >= 0.3 is 0 Å². The molecule has 1 nitrogen and oxygen atoms in total. The predicted octanol–water partition coefficient (Wildman–Crippen LogP) is 3.94. The van der Waals surface area contributed by atoms with E-state index in [1.165, 1.54) is 51.4 Å². The van der Waals surface area contributed by atoms with E-state index >= 15 is 0 Å². The van der Waals surface area contributed by atoms with Gasteiger partial charge in [0.15, 0.2) is 0 Å². The molecule has 1 heterocycles. The van der Waals surface area contributed by atoms with Gasteiger partial charge in [-0.25, -0.2) is 0 Å². The lowest BCUT2D eigenvalue weighted by molar-refractivity contribution is 0.181. The van der Waals surface area contributed by atoms with E-state index in [4.69, 9.17) is 4.74 Å². The van der Waals surface area contributed by atoms with Crippen LogP contribution >= 0.6 is 0 Å². The second-order valence-corrected chi connectivity index (χ2v) is 5.09. The van der Waals surface area contributed by atoms with E-state index in [2.05, 4.69) is 12.2 Å². The Morgan fingerprint density at radius 1 is 0.867 bits per heavy atom. The highest BCUT2D eigenvalue weighted by molar-refractivity contribution is 4.94. The number of hydrogen-bond donors (Lipinski definition) is 0. The molecule has 0 spiro atoms. The Kier molecular flexibility index (Phi) is 4.72. The van der Waals surface area contributed by atoms with Crippen LogP contribution in [0.4, 0.5) is 0 Å². The van der Waals surface area contributed by atoms with Crippen molar-refractivity contribution in [2.45, 2.75) is 51.4 Å². The van der Waals surface area contributed by atoms with Gasteiger partial charge in [0.1, 0.15) is 0 Å². The Morgan fingerprint density at radius 3 is 2.60 bits per heavy atom. The fraction of sp³-hybridized carbons (Fsp3) is 0.857. The van der Waals surface area contributed by atoms with Crippen LogP contribution in [0.3, 0.4) is 0 Å². The number of rotatable bonds is 0. The fourth-order valence-corrected chi connectivity index (χ4v) is 2.77. The van der Waals surface area contributed by atoms with Crippen LogP contribution in [0.2, 0.25) is 0 Å². The zero-order valence-corrected chi connectivity index (χ0v) is 9.79. The van der Waals surface area contributed by atoms with Crippen LogP contribution in [0.5, 0.6) is 0 Å². The molecular weight excluding hydrogens is 184 g/mol. The van der Waals surface area contributed by atoms with Crippen molar-refractivity contribution < 1.29 is 4.74 Å². The van der Waals surface area contributed by atoms with E-state index in [-0.39, 0.29) is 0 Å². The molecule has 1 saturated heterocycles. The summed E-state index contributed by atoms with van der Waals surface area (Å²) >= 11 is 0. The molecule has 0 aromatic heterocycles. The maximum Gasteiger partial charge on any atom is 0.0532 e. The highest BCUT2D eigenvalue weighted by Gasteiger charge is 2.25. The quantitative estimate of drug-likeness (QED) is 0.548. The molecule has 0 aromatic rings. The number of allylic oxidation sites excluding steroid dienone is 1. The number of hydrogen-bond acceptors (Lipinski definition) is 1. The standard InChI is InChI=1S/C14H24O/c1-2-4-6-8-10-14-12-15-11-13(14)9-7-5-3-1/h7,9,13-14H,1-6,8,10-12H2/b9-7+. The number of ether oxygens (including phenoxy) is 1. The van der Waals surface area contributed by atoms with Crippen molar-refractivity contribution in [1.82, 2.24) is 0 Å². The van der Waals surface area contributed by atoms with Gasteiger partial charge in [0.2, 0.25) is 0 Å². The number of fused-ring (bicyclic) bond motifs is 1. The molecule has 2 unspecified atom stereocenters. The molecule has 0 amide bonds. The zero-order valence-electron chi connectivity index (χ0n) is 9.79. The SMILES string of the molecule is C1=C/C2COCC2CCCCCCCC/1. The van der Waals surface area contributed by atoms with Crippen molar-refractivity contribution >= 4 is 0 Å². The molecule has 2 aliphatic rings. The lowest BCUT2D eigenvalue weighted by atomic mass is 9.89. The largest absolute Gasteiger partial charge is 0.381 e. The minimum atomic E-state index is 0.726. The van der Waals surface area contributed by atoms with Crippen molar-refractivity contribution in [2.75, 3.05) is 13.2 Å². The molecule has 86 valence electrons. The summed E-state index contributed by atoms with van der Waals surface area (Å²) in [6.07, 6.45) is 16.0. The zero-order chi connectivity index (χ0) is 10.3. The third-order valence-electron chi connectivity index (χ3n) is 3.83. The van der Waals surface area contributed by atoms with Crippen LogP contribution in [-0.2, 0) is 4.74 Å². The summed E-state index contributed by atoms with van der Waals surface area (Å²) in [6, 6.07) is 0. The first kappa shape index (κ1) is 11.2. The van der Waals surface area contributed by atoms with Crippen LogP contribution in [0.25, 0.3) is 0 Å². The summed E-state index contributed by atoms with van der Waals surface area (Å²) < 4.78 is 5.60. The van der Waals surface area contributed by atoms with E-state index in [0.29, 0.717) is 0 Å². The molecule has 0 saturated carbocycles. The van der Waals surface area contributed by atoms with Gasteiger partial charge in [-0.3, -0.25) is 0 Å². The molecule has 15 heavy (non-hydrogen) atoms. The third-order valence-corrected chi connectivity index (χ3v) is 3.83. The molecule has 2 rings (SSSR count). The molecule has 2 atom stereocenters.